The van der Waals surface area contributed by atoms with E-state index in [1.165, 1.54) is 93.3 Å². The molecule has 702 valence electrons. The predicted molar refractivity (Wildman–Crippen MR) is 537 cm³/mol. The number of amides is 4. The molecule has 137 heavy (non-hydrogen) atoms. The average Bonchev–Trinajstić information content (AvgIpc) is 1.63. The van der Waals surface area contributed by atoms with E-state index in [4.69, 9.17) is 42.6 Å². The molecule has 16 rings (SSSR count). The second kappa shape index (κ2) is 43.5. The van der Waals surface area contributed by atoms with Crippen molar-refractivity contribution in [2.24, 2.45) is 0 Å². The van der Waals surface area contributed by atoms with E-state index in [2.05, 4.69) is 21.3 Å². The van der Waals surface area contributed by atoms with Gasteiger partial charge in [0.05, 0.1) is 89.7 Å². The number of ether oxygens (including phenoxy) is 9. The molecule has 0 spiro atoms. The monoisotopic (exact) mass is 1850 g/mol. The summed E-state index contributed by atoms with van der Waals surface area (Å²) in [4.78, 5) is 51.6. The SMILES string of the molecule is COc1cc(/C=C2/C(C)=C(CC(=O)Nc3ccc(C)cc3)c3cc(F)ccc32)cc(OC)c1O.COc1cc(/C=C2/C(C)=C(CC(=O)Nc3ccc(C)cc3)c3cc(F)ccc32)cc(OC)c1O.COc1cc(/C=C2/C(C)=C(CC(=O)Nc3ccccc3C)c3cc(F)ccc32)cc(OC)c1O.COc1ccc2c(c1)C(CC(=O)Nc1ccc(C)cc1)=C(C)/C2=C/c1cc(OC)c(O)c(OC)c1. The minimum atomic E-state index is -0.364. The second-order valence-electron chi connectivity index (χ2n) is 33.0. The van der Waals surface area contributed by atoms with Gasteiger partial charge < -0.3 is 84.3 Å². The number of methoxy groups -OCH3 is 9. The van der Waals surface area contributed by atoms with Crippen molar-refractivity contribution in [1.29, 1.82) is 0 Å². The van der Waals surface area contributed by atoms with Crippen LogP contribution in [0.1, 0.15) is 142 Å². The molecule has 0 atom stereocenters. The number of carbonyl (C=O) groups excluding carboxylic acids is 4. The van der Waals surface area contributed by atoms with E-state index in [1.807, 2.05) is 195 Å². The molecular weight excluding hydrogens is 1740 g/mol. The van der Waals surface area contributed by atoms with Gasteiger partial charge in [-0.15, -0.1) is 0 Å². The van der Waals surface area contributed by atoms with E-state index < -0.39 is 0 Å². The molecule has 24 heteroatoms. The summed E-state index contributed by atoms with van der Waals surface area (Å²) in [5, 5.41) is 52.7. The number of phenolic OH excluding ortho intramolecular Hbond substituents is 4. The molecule has 4 aliphatic rings. The fourth-order valence-electron chi connectivity index (χ4n) is 16.8. The molecule has 4 amide bonds. The van der Waals surface area contributed by atoms with Crippen molar-refractivity contribution in [2.75, 3.05) is 85.3 Å². The molecule has 4 aliphatic carbocycles. The zero-order valence-electron chi connectivity index (χ0n) is 79.2. The molecule has 0 heterocycles. The average molecular weight is 1850 g/mol. The number of phenols is 4. The Morgan fingerprint density at radius 1 is 0.270 bits per heavy atom. The summed E-state index contributed by atoms with van der Waals surface area (Å²) in [6.07, 6.45) is 8.31. The molecule has 0 fully saturated rings. The van der Waals surface area contributed by atoms with Gasteiger partial charge in [-0.2, -0.15) is 0 Å². The molecule has 0 saturated carbocycles. The Morgan fingerprint density at radius 2 is 0.504 bits per heavy atom. The lowest BCUT2D eigenvalue weighted by Gasteiger charge is -2.11. The third-order valence-corrected chi connectivity index (χ3v) is 24.1. The van der Waals surface area contributed by atoms with E-state index in [0.29, 0.717) is 39.6 Å². The van der Waals surface area contributed by atoms with Crippen LogP contribution in [0.25, 0.3) is 68.9 Å². The van der Waals surface area contributed by atoms with E-state index in [1.54, 1.807) is 73.8 Å². The highest BCUT2D eigenvalue weighted by molar-refractivity contribution is 6.14. The van der Waals surface area contributed by atoms with Crippen molar-refractivity contribution in [2.45, 2.75) is 81.1 Å². The number of nitrogens with one attached hydrogen (secondary N) is 4. The van der Waals surface area contributed by atoms with Gasteiger partial charge in [0.25, 0.3) is 0 Å². The van der Waals surface area contributed by atoms with Crippen molar-refractivity contribution >= 4 is 115 Å². The number of carbonyl (C=O) groups is 4. The largest absolute Gasteiger partial charge is 0.502 e. The number of aryl methyl sites for hydroxylation is 4. The third kappa shape index (κ3) is 22.6. The van der Waals surface area contributed by atoms with Gasteiger partial charge in [0.2, 0.25) is 46.6 Å². The summed E-state index contributed by atoms with van der Waals surface area (Å²) in [5.41, 5.74) is 27.3. The Bertz CT molecular complexity index is 6670. The van der Waals surface area contributed by atoms with Crippen molar-refractivity contribution in [3.05, 3.63) is 347 Å². The fourth-order valence-corrected chi connectivity index (χ4v) is 16.8. The van der Waals surface area contributed by atoms with Crippen molar-refractivity contribution in [3.63, 3.8) is 0 Å². The van der Waals surface area contributed by atoms with Crippen LogP contribution < -0.4 is 63.9 Å². The number of benzene rings is 12. The van der Waals surface area contributed by atoms with Gasteiger partial charge in [-0.05, 0) is 358 Å². The molecule has 0 aliphatic heterocycles. The number of halogens is 3. The van der Waals surface area contributed by atoms with Gasteiger partial charge >= 0.3 is 0 Å². The first-order chi connectivity index (χ1) is 65.8. The lowest BCUT2D eigenvalue weighted by atomic mass is 10.00. The number of aromatic hydroxyl groups is 4. The van der Waals surface area contributed by atoms with Crippen LogP contribution in [0.2, 0.25) is 0 Å². The standard InChI is InChI=1S/C29H29NO5.3C28H26FNO4/c1-17-6-8-20(9-7-17)30-28(31)16-24-18(2)23(22-11-10-21(33-3)15-25(22)24)12-19-13-26(34-4)29(32)27(14-19)35-5;2*1-16-5-8-20(9-6-16)30-27(31)15-23-17(2)22(21-10-7-19(29)14-24(21)23)11-18-12-25(33-3)28(32)26(13-18)34-4;1-16-7-5-6-8-24(16)30-27(31)15-22-17(2)21(20-10-9-19(29)14-23(20)22)11-18-12-25(33-3)28(32)26(13-18)34-4/h6-15,32H,16H2,1-5H3,(H,30,31);3*5-14,32H,15H2,1-4H3,(H,30,31)/b23-12-;2*22-11-;21-11-. The van der Waals surface area contributed by atoms with Gasteiger partial charge in [-0.3, -0.25) is 19.2 Å². The van der Waals surface area contributed by atoms with Crippen LogP contribution in [0.5, 0.6) is 74.7 Å². The van der Waals surface area contributed by atoms with E-state index >= 15 is 0 Å². The third-order valence-electron chi connectivity index (χ3n) is 24.1. The number of para-hydroxylation sites is 1. The van der Waals surface area contributed by atoms with E-state index in [9.17, 15) is 52.8 Å². The van der Waals surface area contributed by atoms with Gasteiger partial charge in [0, 0.05) is 22.7 Å². The lowest BCUT2D eigenvalue weighted by molar-refractivity contribution is -0.116. The zero-order chi connectivity index (χ0) is 98.3. The number of allylic oxidation sites excluding steroid dienone is 8. The molecule has 0 bridgehead atoms. The summed E-state index contributed by atoms with van der Waals surface area (Å²) in [6, 6.07) is 63.8. The molecule has 8 N–H and O–H groups in total. The molecule has 12 aromatic rings. The quantitative estimate of drug-likeness (QED) is 0.0264. The van der Waals surface area contributed by atoms with Crippen LogP contribution in [0.3, 0.4) is 0 Å². The Balaban J connectivity index is 0.000000154. The molecule has 12 aromatic carbocycles. The molecule has 21 nitrogen and oxygen atoms in total. The minimum Gasteiger partial charge on any atom is -0.502 e. The van der Waals surface area contributed by atoms with Gasteiger partial charge in [0.15, 0.2) is 46.0 Å². The maximum absolute atomic E-state index is 14.2. The summed E-state index contributed by atoms with van der Waals surface area (Å²) in [6.45, 7) is 15.7. The summed E-state index contributed by atoms with van der Waals surface area (Å²) in [7, 11) is 13.4. The van der Waals surface area contributed by atoms with Crippen LogP contribution >= 0.6 is 0 Å². The summed E-state index contributed by atoms with van der Waals surface area (Å²) in [5.74, 6) is 1.05. The Hall–Kier alpha value is -16.4. The minimum absolute atomic E-state index is 0.0468. The van der Waals surface area contributed by atoms with Crippen LogP contribution in [0.15, 0.2) is 241 Å². The highest BCUT2D eigenvalue weighted by atomic mass is 19.1. The number of anilines is 4. The highest BCUT2D eigenvalue weighted by Crippen LogP contribution is 2.52. The molecule has 0 unspecified atom stereocenters. The first-order valence-corrected chi connectivity index (χ1v) is 43.8. The van der Waals surface area contributed by atoms with E-state index in [-0.39, 0.29) is 124 Å². The van der Waals surface area contributed by atoms with Gasteiger partial charge in [0.1, 0.15) is 23.2 Å². The molecule has 0 radical (unpaired) electrons. The number of fused-ring (bicyclic) bond motifs is 4. The maximum Gasteiger partial charge on any atom is 0.228 e. The van der Waals surface area contributed by atoms with Crippen LogP contribution in [0, 0.1) is 45.1 Å². The van der Waals surface area contributed by atoms with Gasteiger partial charge in [-0.25, -0.2) is 13.2 Å². The van der Waals surface area contributed by atoms with Crippen molar-refractivity contribution in [3.8, 4) is 74.7 Å². The molecule has 0 aromatic heterocycles. The van der Waals surface area contributed by atoms with Crippen LogP contribution in [-0.2, 0) is 19.2 Å². The Kier molecular flexibility index (Phi) is 31.2. The smallest absolute Gasteiger partial charge is 0.228 e. The number of rotatable bonds is 25. The topological polar surface area (TPSA) is 280 Å². The fraction of sp³-hybridized carbons (Fsp3) is 0.186. The molecular formula is C113H107F3N4O17. The van der Waals surface area contributed by atoms with Crippen molar-refractivity contribution < 1.29 is 95.4 Å². The zero-order valence-corrected chi connectivity index (χ0v) is 79.2. The molecule has 0 saturated heterocycles. The second-order valence-corrected chi connectivity index (χ2v) is 33.0. The number of hydrogen-bond acceptors (Lipinski definition) is 17. The first-order valence-electron chi connectivity index (χ1n) is 43.8. The first kappa shape index (κ1) is 98.1. The maximum atomic E-state index is 14.2. The summed E-state index contributed by atoms with van der Waals surface area (Å²) < 4.78 is 90.3. The van der Waals surface area contributed by atoms with E-state index in [0.717, 1.165) is 156 Å². The Morgan fingerprint density at radius 3 is 0.745 bits per heavy atom. The lowest BCUT2D eigenvalue weighted by Crippen LogP contribution is -2.12. The highest BCUT2D eigenvalue weighted by Gasteiger charge is 2.32. The number of hydrogen-bond donors (Lipinski definition) is 8. The Labute approximate surface area is 794 Å². The summed E-state index contributed by atoms with van der Waals surface area (Å²) >= 11 is 0. The van der Waals surface area contributed by atoms with Crippen LogP contribution in [-0.4, -0.2) is 108 Å². The van der Waals surface area contributed by atoms with Crippen LogP contribution in [0.4, 0.5) is 35.9 Å². The van der Waals surface area contributed by atoms with Crippen molar-refractivity contribution in [1.82, 2.24) is 0 Å². The van der Waals surface area contributed by atoms with Gasteiger partial charge in [-0.1, -0.05) is 95.6 Å². The normalized spacial score (nSPS) is 13.7. The predicted octanol–water partition coefficient (Wildman–Crippen LogP) is 24.7.